The number of anilines is 1. The molecule has 166 valence electrons. The van der Waals surface area contributed by atoms with Gasteiger partial charge in [0.2, 0.25) is 0 Å². The maximum absolute atomic E-state index is 13.2. The zero-order chi connectivity index (χ0) is 23.2. The van der Waals surface area contributed by atoms with Crippen molar-refractivity contribution >= 4 is 28.2 Å². The Kier molecular flexibility index (Phi) is 5.50. The molecule has 4 rings (SSSR count). The number of hydrogen-bond donors (Lipinski definition) is 0. The number of ether oxygens (including phenoxy) is 2. The average Bonchev–Trinajstić information content (AvgIpc) is 2.76. The predicted octanol–water partition coefficient (Wildman–Crippen LogP) is 3.98. The quantitative estimate of drug-likeness (QED) is 0.568. The second-order valence-corrected chi connectivity index (χ2v) is 8.32. The van der Waals surface area contributed by atoms with Crippen LogP contribution in [0, 0.1) is 0 Å². The highest BCUT2D eigenvalue weighted by Gasteiger charge is 2.30. The summed E-state index contributed by atoms with van der Waals surface area (Å²) in [7, 11) is 1.66. The fourth-order valence-electron chi connectivity index (χ4n) is 3.92. The van der Waals surface area contributed by atoms with E-state index in [1.165, 1.54) is 9.47 Å². The van der Waals surface area contributed by atoms with Crippen molar-refractivity contribution in [1.82, 2.24) is 4.57 Å². The predicted molar refractivity (Wildman–Crippen MR) is 123 cm³/mol. The number of ketones is 1. The topological polar surface area (TPSA) is 77.8 Å². The van der Waals surface area contributed by atoms with E-state index in [0.717, 1.165) is 5.39 Å². The van der Waals surface area contributed by atoms with Crippen LogP contribution in [0.3, 0.4) is 0 Å². The van der Waals surface area contributed by atoms with Crippen molar-refractivity contribution < 1.29 is 19.1 Å². The molecule has 0 fully saturated rings. The molecule has 0 N–H and O–H groups in total. The molecule has 0 radical (unpaired) electrons. The lowest BCUT2D eigenvalue weighted by molar-refractivity contribution is -0.125. The summed E-state index contributed by atoms with van der Waals surface area (Å²) < 4.78 is 12.8. The lowest BCUT2D eigenvalue weighted by Crippen LogP contribution is -2.42. The van der Waals surface area contributed by atoms with Crippen molar-refractivity contribution in [2.45, 2.75) is 45.9 Å². The summed E-state index contributed by atoms with van der Waals surface area (Å²) in [6, 6.07) is 11.4. The number of amides is 1. The molecule has 2 heterocycles. The van der Waals surface area contributed by atoms with Gasteiger partial charge in [0.15, 0.2) is 11.9 Å². The summed E-state index contributed by atoms with van der Waals surface area (Å²) in [5.74, 6) is 0.833. The van der Waals surface area contributed by atoms with E-state index in [-0.39, 0.29) is 23.4 Å². The summed E-state index contributed by atoms with van der Waals surface area (Å²) in [5.41, 5.74) is 0.693. The number of rotatable bonds is 5. The van der Waals surface area contributed by atoms with Crippen molar-refractivity contribution in [3.05, 3.63) is 64.6 Å². The molecule has 0 bridgehead atoms. The van der Waals surface area contributed by atoms with E-state index in [1.54, 1.807) is 57.4 Å². The second kappa shape index (κ2) is 8.15. The SMILES string of the molecule is CC(C)Oc1ccc2c(=O)n(C(C)C(=O)c3ccc4c(c3)N(C)C(=O)C(C)O4)ccc2c1. The van der Waals surface area contributed by atoms with E-state index < -0.39 is 12.1 Å². The molecule has 0 saturated heterocycles. The van der Waals surface area contributed by atoms with E-state index in [0.29, 0.717) is 28.1 Å². The van der Waals surface area contributed by atoms with Gasteiger partial charge in [-0.3, -0.25) is 14.4 Å². The Morgan fingerprint density at radius 1 is 1.06 bits per heavy atom. The van der Waals surface area contributed by atoms with Gasteiger partial charge >= 0.3 is 0 Å². The molecule has 0 saturated carbocycles. The minimum absolute atomic E-state index is 0.0324. The molecule has 1 amide bonds. The van der Waals surface area contributed by atoms with Crippen LogP contribution in [0.5, 0.6) is 11.5 Å². The number of aromatic nitrogens is 1. The molecule has 2 aromatic carbocycles. The Morgan fingerprint density at radius 2 is 1.81 bits per heavy atom. The van der Waals surface area contributed by atoms with Crippen LogP contribution in [0.4, 0.5) is 5.69 Å². The molecule has 0 aliphatic carbocycles. The minimum atomic E-state index is -0.721. The zero-order valence-corrected chi connectivity index (χ0v) is 18.8. The van der Waals surface area contributed by atoms with Crippen molar-refractivity contribution in [3.8, 4) is 11.5 Å². The number of nitrogens with zero attached hydrogens (tertiary/aromatic N) is 2. The van der Waals surface area contributed by atoms with Crippen LogP contribution in [0.25, 0.3) is 10.8 Å². The summed E-state index contributed by atoms with van der Waals surface area (Å²) in [6.45, 7) is 7.26. The van der Waals surface area contributed by atoms with Crippen molar-refractivity contribution in [2.24, 2.45) is 0 Å². The van der Waals surface area contributed by atoms with Crippen LogP contribution in [0.15, 0.2) is 53.5 Å². The van der Waals surface area contributed by atoms with Crippen molar-refractivity contribution in [3.63, 3.8) is 0 Å². The van der Waals surface area contributed by atoms with E-state index >= 15 is 0 Å². The first-order valence-electron chi connectivity index (χ1n) is 10.6. The zero-order valence-electron chi connectivity index (χ0n) is 18.8. The van der Waals surface area contributed by atoms with Crippen molar-refractivity contribution in [1.29, 1.82) is 0 Å². The number of hydrogen-bond acceptors (Lipinski definition) is 5. The number of Topliss-reactive ketones (excluding diaryl/α,β-unsaturated/α-hetero) is 1. The Morgan fingerprint density at radius 3 is 2.53 bits per heavy atom. The lowest BCUT2D eigenvalue weighted by Gasteiger charge is -2.30. The lowest BCUT2D eigenvalue weighted by atomic mass is 10.0. The fourth-order valence-corrected chi connectivity index (χ4v) is 3.92. The maximum Gasteiger partial charge on any atom is 0.267 e. The first-order valence-corrected chi connectivity index (χ1v) is 10.6. The average molecular weight is 434 g/mol. The molecule has 3 aromatic rings. The summed E-state index contributed by atoms with van der Waals surface area (Å²) in [6.07, 6.45) is 1.09. The largest absolute Gasteiger partial charge is 0.491 e. The highest BCUT2D eigenvalue weighted by Crippen LogP contribution is 2.34. The molecule has 7 nitrogen and oxygen atoms in total. The standard InChI is InChI=1S/C25H26N2O5/c1-14(2)31-19-7-8-20-17(12-19)10-11-27(25(20)30)15(3)23(28)18-6-9-22-21(13-18)26(5)24(29)16(4)32-22/h6-16H,1-5H3. The van der Waals surface area contributed by atoms with Gasteiger partial charge in [-0.05, 0) is 75.5 Å². The molecule has 1 aliphatic heterocycles. The Labute approximate surface area is 186 Å². The third-order valence-corrected chi connectivity index (χ3v) is 5.66. The smallest absolute Gasteiger partial charge is 0.267 e. The van der Waals surface area contributed by atoms with Crippen LogP contribution < -0.4 is 19.9 Å². The third-order valence-electron chi connectivity index (χ3n) is 5.66. The molecule has 7 heteroatoms. The van der Waals surface area contributed by atoms with Gasteiger partial charge in [0, 0.05) is 24.2 Å². The van der Waals surface area contributed by atoms with Gasteiger partial charge in [0.25, 0.3) is 11.5 Å². The first kappa shape index (κ1) is 21.6. The monoisotopic (exact) mass is 434 g/mol. The molecule has 2 unspecified atom stereocenters. The van der Waals surface area contributed by atoms with Crippen LogP contribution in [0.1, 0.15) is 44.1 Å². The van der Waals surface area contributed by atoms with Crippen molar-refractivity contribution in [2.75, 3.05) is 11.9 Å². The number of fused-ring (bicyclic) bond motifs is 2. The van der Waals surface area contributed by atoms with Gasteiger partial charge in [-0.15, -0.1) is 0 Å². The Balaban J connectivity index is 1.66. The van der Waals surface area contributed by atoms with Crippen LogP contribution >= 0.6 is 0 Å². The molecular formula is C25H26N2O5. The summed E-state index contributed by atoms with van der Waals surface area (Å²) >= 11 is 0. The van der Waals surface area contributed by atoms with Gasteiger partial charge in [-0.1, -0.05) is 0 Å². The van der Waals surface area contributed by atoms with Gasteiger partial charge in [-0.2, -0.15) is 0 Å². The second-order valence-electron chi connectivity index (χ2n) is 8.32. The van der Waals surface area contributed by atoms with Gasteiger partial charge < -0.3 is 18.9 Å². The number of likely N-dealkylation sites (N-methyl/N-ethyl adjacent to an activating group) is 1. The van der Waals surface area contributed by atoms with E-state index in [4.69, 9.17) is 9.47 Å². The third kappa shape index (κ3) is 3.75. The molecule has 1 aromatic heterocycles. The number of benzene rings is 2. The number of pyridine rings is 1. The minimum Gasteiger partial charge on any atom is -0.491 e. The first-order chi connectivity index (χ1) is 15.2. The van der Waals surface area contributed by atoms with Crippen LogP contribution in [-0.4, -0.2) is 35.5 Å². The maximum atomic E-state index is 13.2. The number of carbonyl (C=O) groups is 2. The molecular weight excluding hydrogens is 408 g/mol. The molecule has 2 atom stereocenters. The highest BCUT2D eigenvalue weighted by atomic mass is 16.5. The summed E-state index contributed by atoms with van der Waals surface area (Å²) in [4.78, 5) is 40.1. The van der Waals surface area contributed by atoms with E-state index in [1.807, 2.05) is 26.0 Å². The van der Waals surface area contributed by atoms with E-state index in [9.17, 15) is 14.4 Å². The van der Waals surface area contributed by atoms with E-state index in [2.05, 4.69) is 0 Å². The number of carbonyl (C=O) groups excluding carboxylic acids is 2. The Hall–Kier alpha value is -3.61. The van der Waals surface area contributed by atoms with Crippen LogP contribution in [0.2, 0.25) is 0 Å². The summed E-state index contributed by atoms with van der Waals surface area (Å²) in [5, 5.41) is 1.27. The van der Waals surface area contributed by atoms with Gasteiger partial charge in [-0.25, -0.2) is 0 Å². The fraction of sp³-hybridized carbons (Fsp3) is 0.320. The van der Waals surface area contributed by atoms with Gasteiger partial charge in [0.1, 0.15) is 11.5 Å². The van der Waals surface area contributed by atoms with Crippen LogP contribution in [-0.2, 0) is 4.79 Å². The molecule has 0 spiro atoms. The molecule has 32 heavy (non-hydrogen) atoms. The molecule has 1 aliphatic rings. The normalized spacial score (nSPS) is 16.6. The highest BCUT2D eigenvalue weighted by molar-refractivity contribution is 6.03. The Bertz CT molecular complexity index is 1280. The van der Waals surface area contributed by atoms with Gasteiger partial charge in [0.05, 0.1) is 17.8 Å².